The molecule has 0 unspecified atom stereocenters. The zero-order valence-corrected chi connectivity index (χ0v) is 16.3. The summed E-state index contributed by atoms with van der Waals surface area (Å²) in [5.41, 5.74) is 0.919. The highest BCUT2D eigenvalue weighted by Gasteiger charge is 2.51. The molecule has 2 aliphatic rings. The Morgan fingerprint density at radius 1 is 1.46 bits per heavy atom. The standard InChI is InChI=1S/C18H30N4O3S/c1-21-7-4-18(17(24)19-5-9-25-10-8-23)3-2-6-22(16(18)13-21)12-15-11-20-26-14-15/h11,14,16,23H,2-10,12-13H2,1H3,(H,19,24)/t16-,18+/m0/s1. The largest absolute Gasteiger partial charge is 0.394 e. The Bertz CT molecular complexity index is 571. The smallest absolute Gasteiger partial charge is 0.227 e. The number of nitrogens with one attached hydrogen (secondary N) is 1. The second kappa shape index (κ2) is 9.23. The minimum absolute atomic E-state index is 0.0126. The lowest BCUT2D eigenvalue weighted by molar-refractivity contribution is -0.145. The number of amides is 1. The molecular weight excluding hydrogens is 352 g/mol. The van der Waals surface area contributed by atoms with Gasteiger partial charge in [-0.2, -0.15) is 0 Å². The van der Waals surface area contributed by atoms with E-state index in [1.165, 1.54) is 17.1 Å². The number of hydrogen-bond acceptors (Lipinski definition) is 7. The van der Waals surface area contributed by atoms with Crippen molar-refractivity contribution < 1.29 is 14.6 Å². The van der Waals surface area contributed by atoms with Crippen molar-refractivity contribution in [2.24, 2.45) is 5.41 Å². The zero-order valence-electron chi connectivity index (χ0n) is 15.5. The normalized spacial score (nSPS) is 27.2. The lowest BCUT2D eigenvalue weighted by Gasteiger charge is -2.53. The number of ether oxygens (including phenoxy) is 1. The molecule has 8 heteroatoms. The van der Waals surface area contributed by atoms with Gasteiger partial charge in [0.2, 0.25) is 5.91 Å². The van der Waals surface area contributed by atoms with E-state index in [0.717, 1.165) is 45.4 Å². The summed E-state index contributed by atoms with van der Waals surface area (Å²) in [5, 5.41) is 14.0. The van der Waals surface area contributed by atoms with Gasteiger partial charge in [-0.15, -0.1) is 0 Å². The Hall–Kier alpha value is -1.06. The summed E-state index contributed by atoms with van der Waals surface area (Å²) in [7, 11) is 2.14. The lowest BCUT2D eigenvalue weighted by atomic mass is 9.67. The molecule has 0 saturated carbocycles. The highest BCUT2D eigenvalue weighted by atomic mass is 32.1. The fourth-order valence-corrected chi connectivity index (χ4v) is 4.84. The van der Waals surface area contributed by atoms with Crippen LogP contribution in [-0.2, 0) is 16.1 Å². The average Bonchev–Trinajstić information content (AvgIpc) is 3.15. The third-order valence-corrected chi connectivity index (χ3v) is 6.30. The maximum atomic E-state index is 13.2. The summed E-state index contributed by atoms with van der Waals surface area (Å²) in [6.07, 6.45) is 4.83. The van der Waals surface area contributed by atoms with Crippen LogP contribution in [-0.4, -0.2) is 84.3 Å². The molecule has 2 fully saturated rings. The van der Waals surface area contributed by atoms with E-state index in [4.69, 9.17) is 9.84 Å². The summed E-state index contributed by atoms with van der Waals surface area (Å²) < 4.78 is 9.49. The fourth-order valence-electron chi connectivity index (χ4n) is 4.31. The van der Waals surface area contributed by atoms with E-state index in [9.17, 15) is 4.79 Å². The number of hydrogen-bond donors (Lipinski definition) is 2. The zero-order chi connectivity index (χ0) is 18.4. The molecule has 2 aliphatic heterocycles. The highest BCUT2D eigenvalue weighted by molar-refractivity contribution is 7.03. The van der Waals surface area contributed by atoms with Crippen molar-refractivity contribution in [3.8, 4) is 0 Å². The first kappa shape index (κ1) is 19.7. The first-order valence-corrected chi connectivity index (χ1v) is 10.3. The van der Waals surface area contributed by atoms with Gasteiger partial charge in [0.05, 0.1) is 25.2 Å². The average molecular weight is 383 g/mol. The Labute approximate surface area is 159 Å². The number of fused-ring (bicyclic) bond motifs is 1. The first-order valence-electron chi connectivity index (χ1n) is 9.43. The number of piperidine rings is 2. The van der Waals surface area contributed by atoms with Crippen LogP contribution in [0.4, 0.5) is 0 Å². The van der Waals surface area contributed by atoms with Gasteiger partial charge in [-0.05, 0) is 56.5 Å². The summed E-state index contributed by atoms with van der Waals surface area (Å²) >= 11 is 1.48. The molecule has 0 bridgehead atoms. The van der Waals surface area contributed by atoms with Crippen LogP contribution in [0.2, 0.25) is 0 Å². The van der Waals surface area contributed by atoms with Gasteiger partial charge < -0.3 is 20.1 Å². The number of nitrogens with zero attached hydrogens (tertiary/aromatic N) is 3. The molecule has 2 saturated heterocycles. The molecule has 26 heavy (non-hydrogen) atoms. The van der Waals surface area contributed by atoms with Gasteiger partial charge in [0.25, 0.3) is 0 Å². The van der Waals surface area contributed by atoms with Crippen molar-refractivity contribution in [1.29, 1.82) is 0 Å². The van der Waals surface area contributed by atoms with E-state index in [1.807, 2.05) is 6.20 Å². The molecule has 146 valence electrons. The molecule has 3 rings (SSSR count). The second-order valence-electron chi connectivity index (χ2n) is 7.38. The van der Waals surface area contributed by atoms with Crippen molar-refractivity contribution in [1.82, 2.24) is 19.5 Å². The molecule has 0 spiro atoms. The minimum Gasteiger partial charge on any atom is -0.394 e. The molecule has 7 nitrogen and oxygen atoms in total. The van der Waals surface area contributed by atoms with Crippen LogP contribution >= 0.6 is 11.5 Å². The molecule has 1 aromatic rings. The monoisotopic (exact) mass is 382 g/mol. The van der Waals surface area contributed by atoms with Crippen LogP contribution in [0.25, 0.3) is 0 Å². The Morgan fingerprint density at radius 2 is 2.35 bits per heavy atom. The molecule has 1 amide bonds. The van der Waals surface area contributed by atoms with E-state index in [-0.39, 0.29) is 24.0 Å². The number of likely N-dealkylation sites (N-methyl/N-ethyl adjacent to an activating group) is 1. The maximum absolute atomic E-state index is 13.2. The van der Waals surface area contributed by atoms with Crippen molar-refractivity contribution >= 4 is 17.4 Å². The van der Waals surface area contributed by atoms with Crippen LogP contribution < -0.4 is 5.32 Å². The van der Waals surface area contributed by atoms with Crippen LogP contribution in [0.5, 0.6) is 0 Å². The molecular formula is C18H30N4O3S. The molecule has 0 radical (unpaired) electrons. The summed E-state index contributed by atoms with van der Waals surface area (Å²) in [4.78, 5) is 18.0. The quantitative estimate of drug-likeness (QED) is 0.640. The van der Waals surface area contributed by atoms with E-state index < -0.39 is 0 Å². The van der Waals surface area contributed by atoms with E-state index in [0.29, 0.717) is 19.8 Å². The molecule has 1 aromatic heterocycles. The number of rotatable bonds is 8. The van der Waals surface area contributed by atoms with E-state index in [2.05, 4.69) is 31.9 Å². The maximum Gasteiger partial charge on any atom is 0.227 e. The van der Waals surface area contributed by atoms with Crippen LogP contribution in [0.15, 0.2) is 11.6 Å². The van der Waals surface area contributed by atoms with Crippen molar-refractivity contribution in [2.45, 2.75) is 31.8 Å². The van der Waals surface area contributed by atoms with Crippen molar-refractivity contribution in [3.05, 3.63) is 17.1 Å². The fraction of sp³-hybridized carbons (Fsp3) is 0.778. The van der Waals surface area contributed by atoms with Gasteiger partial charge in [-0.3, -0.25) is 9.69 Å². The molecule has 0 aromatic carbocycles. The Kier molecular flexibility index (Phi) is 6.99. The topological polar surface area (TPSA) is 77.9 Å². The highest BCUT2D eigenvalue weighted by Crippen LogP contribution is 2.43. The van der Waals surface area contributed by atoms with Crippen LogP contribution in [0.1, 0.15) is 24.8 Å². The number of aliphatic hydroxyl groups excluding tert-OH is 1. The van der Waals surface area contributed by atoms with E-state index in [1.54, 1.807) is 0 Å². The number of carbonyl (C=O) groups excluding carboxylic acids is 1. The number of aliphatic hydroxyl groups is 1. The Balaban J connectivity index is 1.68. The van der Waals surface area contributed by atoms with Crippen molar-refractivity contribution in [2.75, 3.05) is 53.0 Å². The van der Waals surface area contributed by atoms with E-state index >= 15 is 0 Å². The molecule has 3 heterocycles. The third-order valence-electron chi connectivity index (χ3n) is 5.66. The first-order chi connectivity index (χ1) is 12.7. The van der Waals surface area contributed by atoms with Crippen LogP contribution in [0, 0.1) is 5.41 Å². The molecule has 0 aliphatic carbocycles. The van der Waals surface area contributed by atoms with Gasteiger partial charge >= 0.3 is 0 Å². The van der Waals surface area contributed by atoms with Gasteiger partial charge in [0.1, 0.15) is 0 Å². The predicted molar refractivity (Wildman–Crippen MR) is 101 cm³/mol. The van der Waals surface area contributed by atoms with Gasteiger partial charge in [-0.25, -0.2) is 4.37 Å². The Morgan fingerprint density at radius 3 is 3.12 bits per heavy atom. The molecule has 2 N–H and O–H groups in total. The minimum atomic E-state index is -0.314. The van der Waals surface area contributed by atoms with Gasteiger partial charge in [-0.1, -0.05) is 0 Å². The van der Waals surface area contributed by atoms with Crippen molar-refractivity contribution in [3.63, 3.8) is 0 Å². The predicted octanol–water partition coefficient (Wildman–Crippen LogP) is 0.555. The summed E-state index contributed by atoms with van der Waals surface area (Å²) in [5.74, 6) is 0.163. The number of aromatic nitrogens is 1. The summed E-state index contributed by atoms with van der Waals surface area (Å²) in [6, 6.07) is 0.230. The second-order valence-corrected chi connectivity index (χ2v) is 8.04. The lowest BCUT2D eigenvalue weighted by Crippen LogP contribution is -2.65. The number of carbonyl (C=O) groups is 1. The van der Waals surface area contributed by atoms with Gasteiger partial charge in [0, 0.05) is 37.3 Å². The molecule has 2 atom stereocenters. The third kappa shape index (κ3) is 4.43. The SMILES string of the molecule is CN1CC[C@]2(C(=O)NCCOCCO)CCCN(Cc3cnsc3)[C@H]2C1. The number of likely N-dealkylation sites (tertiary alicyclic amines) is 2. The summed E-state index contributed by atoms with van der Waals surface area (Å²) in [6.45, 7) is 5.04. The van der Waals surface area contributed by atoms with Crippen LogP contribution in [0.3, 0.4) is 0 Å². The van der Waals surface area contributed by atoms with Gasteiger partial charge in [0.15, 0.2) is 0 Å².